The highest BCUT2D eigenvalue weighted by atomic mass is 16.3. The molecule has 1 fully saturated rings. The normalized spacial score (nSPS) is 22.6. The van der Waals surface area contributed by atoms with Gasteiger partial charge < -0.3 is 10.0 Å². The van der Waals surface area contributed by atoms with E-state index in [-0.39, 0.29) is 0 Å². The smallest absolute Gasteiger partial charge is 0.0821 e. The lowest BCUT2D eigenvalue weighted by molar-refractivity contribution is 0.0548. The fourth-order valence-corrected chi connectivity index (χ4v) is 3.48. The van der Waals surface area contributed by atoms with Crippen molar-refractivity contribution >= 4 is 5.69 Å². The molecule has 2 heteroatoms. The molecule has 1 N–H and O–H groups in total. The number of nitrogens with zero attached hydrogens (tertiary/aromatic N) is 1. The number of aryl methyl sites for hydroxylation is 1. The zero-order valence-electron chi connectivity index (χ0n) is 11.1. The largest absolute Gasteiger partial charge is 0.388 e. The Bertz CT molecular complexity index is 409. The summed E-state index contributed by atoms with van der Waals surface area (Å²) >= 11 is 0. The molecule has 1 aromatic carbocycles. The first-order valence-electron chi connectivity index (χ1n) is 7.32. The summed E-state index contributed by atoms with van der Waals surface area (Å²) in [6.45, 7) is 1.92. The van der Waals surface area contributed by atoms with Crippen molar-refractivity contribution in [1.29, 1.82) is 0 Å². The number of para-hydroxylation sites is 1. The third kappa shape index (κ3) is 2.39. The minimum absolute atomic E-state index is 0.433. The van der Waals surface area contributed by atoms with Gasteiger partial charge in [-0.2, -0.15) is 0 Å². The number of rotatable bonds is 2. The molecule has 1 aliphatic heterocycles. The average molecular weight is 245 g/mol. The zero-order chi connectivity index (χ0) is 12.4. The first kappa shape index (κ1) is 12.0. The van der Waals surface area contributed by atoms with Crippen LogP contribution in [0.15, 0.2) is 24.3 Å². The average Bonchev–Trinajstić information content (AvgIpc) is 2.70. The predicted molar refractivity (Wildman–Crippen MR) is 75.0 cm³/mol. The number of fused-ring (bicyclic) bond motifs is 1. The van der Waals surface area contributed by atoms with Gasteiger partial charge in [0.1, 0.15) is 0 Å². The molecular weight excluding hydrogens is 222 g/mol. The van der Waals surface area contributed by atoms with Crippen molar-refractivity contribution in [1.82, 2.24) is 0 Å². The maximum Gasteiger partial charge on any atom is 0.0821 e. The topological polar surface area (TPSA) is 23.5 Å². The van der Waals surface area contributed by atoms with Crippen LogP contribution in [0.4, 0.5) is 5.69 Å². The lowest BCUT2D eigenvalue weighted by Gasteiger charge is -2.33. The fourth-order valence-electron chi connectivity index (χ4n) is 3.48. The van der Waals surface area contributed by atoms with Crippen LogP contribution in [-0.2, 0) is 6.42 Å². The minimum atomic E-state index is -0.433. The second-order valence-electron chi connectivity index (χ2n) is 5.94. The molecule has 0 aromatic heterocycles. The van der Waals surface area contributed by atoms with Gasteiger partial charge in [0, 0.05) is 18.8 Å². The molecule has 1 aromatic rings. The Morgan fingerprint density at radius 1 is 1.06 bits per heavy atom. The maximum atomic E-state index is 10.6. The van der Waals surface area contributed by atoms with E-state index in [1.54, 1.807) is 0 Å². The van der Waals surface area contributed by atoms with Crippen molar-refractivity contribution in [2.45, 2.75) is 50.5 Å². The van der Waals surface area contributed by atoms with E-state index in [1.807, 2.05) is 0 Å². The van der Waals surface area contributed by atoms with Crippen LogP contribution in [0.1, 0.15) is 44.1 Å². The number of hydrogen-bond acceptors (Lipinski definition) is 2. The zero-order valence-corrected chi connectivity index (χ0v) is 11.1. The van der Waals surface area contributed by atoms with E-state index < -0.39 is 5.60 Å². The van der Waals surface area contributed by atoms with Gasteiger partial charge >= 0.3 is 0 Å². The molecule has 0 radical (unpaired) electrons. The minimum Gasteiger partial charge on any atom is -0.388 e. The number of aliphatic hydroxyl groups is 1. The highest BCUT2D eigenvalue weighted by molar-refractivity contribution is 5.54. The summed E-state index contributed by atoms with van der Waals surface area (Å²) in [5.74, 6) is 0. The van der Waals surface area contributed by atoms with E-state index in [1.165, 1.54) is 43.4 Å². The van der Waals surface area contributed by atoms with Crippen molar-refractivity contribution < 1.29 is 5.11 Å². The van der Waals surface area contributed by atoms with Crippen LogP contribution in [0.3, 0.4) is 0 Å². The van der Waals surface area contributed by atoms with Gasteiger partial charge in [-0.05, 0) is 43.7 Å². The van der Waals surface area contributed by atoms with Crippen molar-refractivity contribution in [2.24, 2.45) is 0 Å². The van der Waals surface area contributed by atoms with E-state index in [0.717, 1.165) is 25.9 Å². The van der Waals surface area contributed by atoms with E-state index in [9.17, 15) is 5.11 Å². The quantitative estimate of drug-likeness (QED) is 0.865. The highest BCUT2D eigenvalue weighted by Crippen LogP contribution is 2.33. The molecule has 2 aliphatic rings. The van der Waals surface area contributed by atoms with Crippen LogP contribution in [0.25, 0.3) is 0 Å². The van der Waals surface area contributed by atoms with Crippen molar-refractivity contribution in [3.8, 4) is 0 Å². The summed E-state index contributed by atoms with van der Waals surface area (Å²) in [7, 11) is 0. The van der Waals surface area contributed by atoms with E-state index in [2.05, 4.69) is 29.2 Å². The Hall–Kier alpha value is -1.02. The molecule has 0 bridgehead atoms. The van der Waals surface area contributed by atoms with Gasteiger partial charge in [0.05, 0.1) is 5.60 Å². The molecule has 0 atom stereocenters. The van der Waals surface area contributed by atoms with Gasteiger partial charge in [-0.1, -0.05) is 31.0 Å². The van der Waals surface area contributed by atoms with Crippen molar-refractivity contribution in [3.05, 3.63) is 29.8 Å². The lowest BCUT2D eigenvalue weighted by atomic mass is 10.0. The number of benzene rings is 1. The fraction of sp³-hybridized carbons (Fsp3) is 0.625. The molecule has 1 heterocycles. The first-order valence-corrected chi connectivity index (χ1v) is 7.32. The van der Waals surface area contributed by atoms with E-state index in [4.69, 9.17) is 0 Å². The second-order valence-corrected chi connectivity index (χ2v) is 5.94. The van der Waals surface area contributed by atoms with Gasteiger partial charge in [-0.25, -0.2) is 0 Å². The standard InChI is InChI=1S/C16H23NO/c18-16(10-4-5-11-16)13-17-12-6-3-8-14-7-1-2-9-15(14)17/h1-2,7,9,18H,3-6,8,10-13H2. The number of β-amino-alcohol motifs (C(OH)–C–C–N with tert-alkyl or cyclic N) is 1. The van der Waals surface area contributed by atoms with Gasteiger partial charge in [0.15, 0.2) is 0 Å². The summed E-state index contributed by atoms with van der Waals surface area (Å²) in [5.41, 5.74) is 2.38. The van der Waals surface area contributed by atoms with Gasteiger partial charge in [0.25, 0.3) is 0 Å². The monoisotopic (exact) mass is 245 g/mol. The maximum absolute atomic E-state index is 10.6. The SMILES string of the molecule is OC1(CN2CCCCc3ccccc32)CCCC1. The van der Waals surface area contributed by atoms with Crippen LogP contribution in [0.5, 0.6) is 0 Å². The van der Waals surface area contributed by atoms with Crippen LogP contribution in [0.2, 0.25) is 0 Å². The van der Waals surface area contributed by atoms with Crippen LogP contribution >= 0.6 is 0 Å². The molecule has 98 valence electrons. The Labute approximate surface area is 110 Å². The van der Waals surface area contributed by atoms with E-state index in [0.29, 0.717) is 0 Å². The molecule has 18 heavy (non-hydrogen) atoms. The molecule has 1 saturated carbocycles. The number of anilines is 1. The second kappa shape index (κ2) is 4.93. The molecule has 1 aliphatic carbocycles. The molecule has 0 spiro atoms. The van der Waals surface area contributed by atoms with Crippen molar-refractivity contribution in [3.63, 3.8) is 0 Å². The lowest BCUT2D eigenvalue weighted by Crippen LogP contribution is -2.41. The summed E-state index contributed by atoms with van der Waals surface area (Å²) in [5, 5.41) is 10.6. The summed E-state index contributed by atoms with van der Waals surface area (Å²) < 4.78 is 0. The Morgan fingerprint density at radius 2 is 1.83 bits per heavy atom. The molecule has 3 rings (SSSR count). The van der Waals surface area contributed by atoms with Gasteiger partial charge in [-0.3, -0.25) is 0 Å². The first-order chi connectivity index (χ1) is 8.77. The van der Waals surface area contributed by atoms with Gasteiger partial charge in [0.2, 0.25) is 0 Å². The molecule has 2 nitrogen and oxygen atoms in total. The molecule has 0 saturated heterocycles. The Balaban J connectivity index is 1.83. The van der Waals surface area contributed by atoms with Gasteiger partial charge in [-0.15, -0.1) is 0 Å². The Kier molecular flexibility index (Phi) is 3.29. The highest BCUT2D eigenvalue weighted by Gasteiger charge is 2.33. The predicted octanol–water partition coefficient (Wildman–Crippen LogP) is 3.13. The van der Waals surface area contributed by atoms with E-state index >= 15 is 0 Å². The van der Waals surface area contributed by atoms with Crippen LogP contribution in [-0.4, -0.2) is 23.8 Å². The third-order valence-corrected chi connectivity index (χ3v) is 4.48. The summed E-state index contributed by atoms with van der Waals surface area (Å²) in [6.07, 6.45) is 8.02. The summed E-state index contributed by atoms with van der Waals surface area (Å²) in [4.78, 5) is 2.42. The molecule has 0 unspecified atom stereocenters. The van der Waals surface area contributed by atoms with Crippen molar-refractivity contribution in [2.75, 3.05) is 18.0 Å². The third-order valence-electron chi connectivity index (χ3n) is 4.48. The van der Waals surface area contributed by atoms with Crippen LogP contribution < -0.4 is 4.90 Å². The summed E-state index contributed by atoms with van der Waals surface area (Å²) in [6, 6.07) is 8.72. The molecule has 0 amide bonds. The Morgan fingerprint density at radius 3 is 2.67 bits per heavy atom. The number of hydrogen-bond donors (Lipinski definition) is 1. The molecular formula is C16H23NO. The van der Waals surface area contributed by atoms with Crippen LogP contribution in [0, 0.1) is 0 Å².